The smallest absolute Gasteiger partial charge is 0.359 e. The molecule has 2 N–H and O–H groups in total. The van der Waals surface area contributed by atoms with Crippen LogP contribution < -0.4 is 20.3 Å². The van der Waals surface area contributed by atoms with Crippen molar-refractivity contribution in [1.29, 1.82) is 0 Å². The molecule has 1 aliphatic carbocycles. The van der Waals surface area contributed by atoms with Crippen molar-refractivity contribution in [3.63, 3.8) is 0 Å². The topological polar surface area (TPSA) is 123 Å². The number of ether oxygens (including phenoxy) is 2. The number of hydrogen-bond acceptors (Lipinski definition) is 10. The van der Waals surface area contributed by atoms with Crippen molar-refractivity contribution in [1.82, 2.24) is 24.9 Å². The van der Waals surface area contributed by atoms with E-state index in [4.69, 9.17) is 9.47 Å². The number of carbonyl (C=O) groups excluding carboxylic acids is 2. The molecule has 3 heterocycles. The Kier molecular flexibility index (Phi) is 6.66. The average Bonchev–Trinajstić information content (AvgIpc) is 3.48. The van der Waals surface area contributed by atoms with Gasteiger partial charge < -0.3 is 25.0 Å². The number of thiazole rings is 1. The van der Waals surface area contributed by atoms with Crippen LogP contribution in [0.15, 0.2) is 36.5 Å². The maximum atomic E-state index is 12.9. The van der Waals surface area contributed by atoms with Crippen LogP contribution in [-0.2, 0) is 11.3 Å². The second-order valence-electron chi connectivity index (χ2n) is 8.77. The Morgan fingerprint density at radius 1 is 1.22 bits per heavy atom. The zero-order chi connectivity index (χ0) is 26.1. The van der Waals surface area contributed by atoms with Gasteiger partial charge in [-0.05, 0) is 37.5 Å². The van der Waals surface area contributed by atoms with E-state index in [-0.39, 0.29) is 17.6 Å². The first kappa shape index (κ1) is 24.5. The Labute approximate surface area is 217 Å². The lowest BCUT2D eigenvalue weighted by Crippen LogP contribution is -2.27. The lowest BCUT2D eigenvalue weighted by Gasteiger charge is -2.21. The normalized spacial score (nSPS) is 12.9. The number of imidazole rings is 1. The third kappa shape index (κ3) is 5.19. The van der Waals surface area contributed by atoms with Crippen LogP contribution in [0, 0.1) is 6.92 Å². The van der Waals surface area contributed by atoms with Gasteiger partial charge in [0.25, 0.3) is 5.91 Å². The molecule has 1 saturated carbocycles. The summed E-state index contributed by atoms with van der Waals surface area (Å²) < 4.78 is 11.7. The first-order chi connectivity index (χ1) is 17.9. The summed E-state index contributed by atoms with van der Waals surface area (Å²) in [6.07, 6.45) is 3.48. The SMILES string of the molecule is COC(=O)c1nc(C)sc1Nc1cc(N(C)Cc2ccc(OC)cc2)c2ncc(C(=O)NC3CC3)n2n1. The molecule has 0 bridgehead atoms. The predicted molar refractivity (Wildman–Crippen MR) is 140 cm³/mol. The van der Waals surface area contributed by atoms with Crippen LogP contribution in [0.2, 0.25) is 0 Å². The molecule has 4 aromatic rings. The second kappa shape index (κ2) is 10.1. The molecule has 12 heteroatoms. The van der Waals surface area contributed by atoms with Gasteiger partial charge in [-0.2, -0.15) is 0 Å². The standard InChI is InChI=1S/C25H27N7O4S/c1-14-27-21(25(34)36-4)24(37-14)29-20-11-18(31(2)13-15-5-9-17(35-3)10-6-15)22-26-12-19(32(22)30-20)23(33)28-16-7-8-16/h5-6,9-12,16H,7-8,13H2,1-4H3,(H,28,33)(H,29,30). The summed E-state index contributed by atoms with van der Waals surface area (Å²) in [5.41, 5.74) is 2.86. The number of fused-ring (bicyclic) bond motifs is 1. The first-order valence-electron chi connectivity index (χ1n) is 11.7. The number of esters is 1. The Bertz CT molecular complexity index is 1460. The fourth-order valence-electron chi connectivity index (χ4n) is 3.89. The molecular weight excluding hydrogens is 494 g/mol. The van der Waals surface area contributed by atoms with Gasteiger partial charge in [-0.25, -0.2) is 19.3 Å². The quantitative estimate of drug-likeness (QED) is 0.318. The van der Waals surface area contributed by atoms with Crippen LogP contribution in [0.1, 0.15) is 44.4 Å². The van der Waals surface area contributed by atoms with E-state index in [0.717, 1.165) is 29.8 Å². The van der Waals surface area contributed by atoms with Gasteiger partial charge in [0.15, 0.2) is 22.9 Å². The molecular formula is C25H27N7O4S. The van der Waals surface area contributed by atoms with Crippen molar-refractivity contribution in [2.24, 2.45) is 0 Å². The number of nitrogens with one attached hydrogen (secondary N) is 2. The maximum absolute atomic E-state index is 12.9. The third-order valence-electron chi connectivity index (χ3n) is 5.94. The number of benzene rings is 1. The number of amides is 1. The molecule has 1 aromatic carbocycles. The Hall–Kier alpha value is -4.19. The van der Waals surface area contributed by atoms with Gasteiger partial charge in [0, 0.05) is 25.7 Å². The van der Waals surface area contributed by atoms with Gasteiger partial charge in [-0.3, -0.25) is 4.79 Å². The zero-order valence-electron chi connectivity index (χ0n) is 20.9. The number of rotatable bonds is 9. The van der Waals surface area contributed by atoms with Gasteiger partial charge in [-0.1, -0.05) is 12.1 Å². The summed E-state index contributed by atoms with van der Waals surface area (Å²) in [4.78, 5) is 36.0. The van der Waals surface area contributed by atoms with Gasteiger partial charge in [-0.15, -0.1) is 16.4 Å². The largest absolute Gasteiger partial charge is 0.497 e. The molecule has 0 spiro atoms. The van der Waals surface area contributed by atoms with E-state index in [1.54, 1.807) is 7.11 Å². The van der Waals surface area contributed by atoms with Crippen LogP contribution in [0.25, 0.3) is 5.65 Å². The molecule has 0 unspecified atom stereocenters. The van der Waals surface area contributed by atoms with Crippen LogP contribution in [0.5, 0.6) is 5.75 Å². The molecule has 5 rings (SSSR count). The highest BCUT2D eigenvalue weighted by molar-refractivity contribution is 7.16. The second-order valence-corrected chi connectivity index (χ2v) is 9.98. The van der Waals surface area contributed by atoms with E-state index in [1.165, 1.54) is 29.2 Å². The molecule has 192 valence electrons. The van der Waals surface area contributed by atoms with Crippen LogP contribution in [0.3, 0.4) is 0 Å². The Morgan fingerprint density at radius 2 is 1.97 bits per heavy atom. The van der Waals surface area contributed by atoms with Crippen molar-refractivity contribution in [2.75, 3.05) is 31.5 Å². The Balaban J connectivity index is 1.54. The average molecular weight is 522 g/mol. The summed E-state index contributed by atoms with van der Waals surface area (Å²) in [7, 11) is 4.89. The number of anilines is 3. The minimum Gasteiger partial charge on any atom is -0.497 e. The fraction of sp³-hybridized carbons (Fsp3) is 0.320. The summed E-state index contributed by atoms with van der Waals surface area (Å²) >= 11 is 1.32. The highest BCUT2D eigenvalue weighted by Crippen LogP contribution is 2.31. The maximum Gasteiger partial charge on any atom is 0.359 e. The molecule has 0 radical (unpaired) electrons. The Morgan fingerprint density at radius 3 is 2.65 bits per heavy atom. The van der Waals surface area contributed by atoms with E-state index in [1.807, 2.05) is 49.2 Å². The summed E-state index contributed by atoms with van der Waals surface area (Å²) in [5.74, 6) is 0.436. The minimum absolute atomic E-state index is 0.178. The number of aromatic nitrogens is 4. The molecule has 37 heavy (non-hydrogen) atoms. The summed E-state index contributed by atoms with van der Waals surface area (Å²) in [6.45, 7) is 2.38. The van der Waals surface area contributed by atoms with Crippen molar-refractivity contribution in [2.45, 2.75) is 32.4 Å². The molecule has 1 fully saturated rings. The number of hydrogen-bond donors (Lipinski definition) is 2. The summed E-state index contributed by atoms with van der Waals surface area (Å²) in [6, 6.07) is 9.85. The molecule has 0 atom stereocenters. The number of carbonyl (C=O) groups is 2. The molecule has 3 aromatic heterocycles. The lowest BCUT2D eigenvalue weighted by molar-refractivity contribution is 0.0595. The highest BCUT2D eigenvalue weighted by Gasteiger charge is 2.27. The minimum atomic E-state index is -0.545. The van der Waals surface area contributed by atoms with Crippen molar-refractivity contribution < 1.29 is 19.1 Å². The molecule has 11 nitrogen and oxygen atoms in total. The van der Waals surface area contributed by atoms with E-state index >= 15 is 0 Å². The highest BCUT2D eigenvalue weighted by atomic mass is 32.1. The first-order valence-corrected chi connectivity index (χ1v) is 12.5. The summed E-state index contributed by atoms with van der Waals surface area (Å²) in [5, 5.41) is 12.1. The fourth-order valence-corrected chi connectivity index (χ4v) is 4.70. The van der Waals surface area contributed by atoms with Crippen LogP contribution >= 0.6 is 11.3 Å². The van der Waals surface area contributed by atoms with Crippen molar-refractivity contribution in [3.05, 3.63) is 58.5 Å². The number of methoxy groups -OCH3 is 2. The monoisotopic (exact) mass is 521 g/mol. The van der Waals surface area contributed by atoms with Gasteiger partial charge in [0.2, 0.25) is 0 Å². The number of nitrogens with zero attached hydrogens (tertiary/aromatic N) is 5. The van der Waals surface area contributed by atoms with E-state index < -0.39 is 5.97 Å². The van der Waals surface area contributed by atoms with Crippen molar-refractivity contribution in [3.8, 4) is 5.75 Å². The van der Waals surface area contributed by atoms with E-state index in [9.17, 15) is 9.59 Å². The van der Waals surface area contributed by atoms with Gasteiger partial charge in [0.1, 0.15) is 10.8 Å². The zero-order valence-corrected chi connectivity index (χ0v) is 21.8. The van der Waals surface area contributed by atoms with Gasteiger partial charge in [0.05, 0.1) is 31.1 Å². The van der Waals surface area contributed by atoms with Crippen LogP contribution in [0.4, 0.5) is 16.5 Å². The van der Waals surface area contributed by atoms with Gasteiger partial charge >= 0.3 is 5.97 Å². The molecule has 1 aliphatic rings. The van der Waals surface area contributed by atoms with Crippen LogP contribution in [-0.4, -0.2) is 58.8 Å². The van der Waals surface area contributed by atoms with Crippen molar-refractivity contribution >= 4 is 45.4 Å². The third-order valence-corrected chi connectivity index (χ3v) is 6.82. The number of aryl methyl sites for hydroxylation is 1. The predicted octanol–water partition coefficient (Wildman–Crippen LogP) is 3.56. The van der Waals surface area contributed by atoms with E-state index in [2.05, 4.69) is 25.7 Å². The molecule has 0 aliphatic heterocycles. The lowest BCUT2D eigenvalue weighted by atomic mass is 10.2. The molecule has 1 amide bonds. The van der Waals surface area contributed by atoms with E-state index in [0.29, 0.717) is 33.7 Å². The molecule has 0 saturated heterocycles.